The molecule has 0 radical (unpaired) electrons. The van der Waals surface area contributed by atoms with Gasteiger partial charge in [0.1, 0.15) is 0 Å². The predicted octanol–water partition coefficient (Wildman–Crippen LogP) is 2.14. The summed E-state index contributed by atoms with van der Waals surface area (Å²) in [5.74, 6) is 0.612. The molecular formula is C11H18N2S. The van der Waals surface area contributed by atoms with Crippen molar-refractivity contribution in [1.29, 1.82) is 0 Å². The Morgan fingerprint density at radius 2 is 2.43 bits per heavy atom. The van der Waals surface area contributed by atoms with Gasteiger partial charge < -0.3 is 11.1 Å². The van der Waals surface area contributed by atoms with E-state index in [1.807, 2.05) is 0 Å². The third kappa shape index (κ3) is 2.00. The van der Waals surface area contributed by atoms with E-state index in [1.54, 1.807) is 11.3 Å². The van der Waals surface area contributed by atoms with Crippen LogP contribution in [-0.2, 0) is 0 Å². The Balaban J connectivity index is 2.13. The maximum Gasteiger partial charge on any atom is 0.0371 e. The molecule has 2 heterocycles. The first kappa shape index (κ1) is 10.1. The molecule has 0 spiro atoms. The summed E-state index contributed by atoms with van der Waals surface area (Å²) >= 11 is 1.77. The standard InChI is InChI=1S/C11H18N2S/c1-8-2-3-9(6-12)11(13-8)10-4-5-14-7-10/h4-5,7-9,11,13H,2-3,6,12H2,1H3. The van der Waals surface area contributed by atoms with Gasteiger partial charge in [0.25, 0.3) is 0 Å². The van der Waals surface area contributed by atoms with Crippen molar-refractivity contribution in [3.05, 3.63) is 22.4 Å². The largest absolute Gasteiger partial charge is 0.330 e. The minimum Gasteiger partial charge on any atom is -0.330 e. The van der Waals surface area contributed by atoms with Gasteiger partial charge in [0.2, 0.25) is 0 Å². The fraction of sp³-hybridized carbons (Fsp3) is 0.636. The topological polar surface area (TPSA) is 38.0 Å². The van der Waals surface area contributed by atoms with Gasteiger partial charge in [0, 0.05) is 12.1 Å². The molecule has 3 N–H and O–H groups in total. The Hall–Kier alpha value is -0.380. The van der Waals surface area contributed by atoms with Gasteiger partial charge in [-0.15, -0.1) is 0 Å². The van der Waals surface area contributed by atoms with Crippen LogP contribution < -0.4 is 11.1 Å². The first-order chi connectivity index (χ1) is 6.81. The first-order valence-electron chi connectivity index (χ1n) is 5.29. The maximum atomic E-state index is 5.81. The Bertz CT molecular complexity index is 271. The minimum absolute atomic E-state index is 0.481. The Labute approximate surface area is 89.5 Å². The molecule has 0 amide bonds. The Morgan fingerprint density at radius 3 is 3.07 bits per heavy atom. The van der Waals surface area contributed by atoms with E-state index >= 15 is 0 Å². The molecule has 0 aromatic carbocycles. The van der Waals surface area contributed by atoms with Gasteiger partial charge >= 0.3 is 0 Å². The van der Waals surface area contributed by atoms with Crippen molar-refractivity contribution in [1.82, 2.24) is 5.32 Å². The molecule has 3 atom stereocenters. The highest BCUT2D eigenvalue weighted by atomic mass is 32.1. The molecule has 0 aliphatic carbocycles. The molecule has 1 fully saturated rings. The molecule has 2 rings (SSSR count). The lowest BCUT2D eigenvalue weighted by atomic mass is 9.85. The Morgan fingerprint density at radius 1 is 1.57 bits per heavy atom. The number of hydrogen-bond acceptors (Lipinski definition) is 3. The molecule has 1 aromatic rings. The zero-order valence-corrected chi connectivity index (χ0v) is 9.39. The van der Waals surface area contributed by atoms with E-state index in [9.17, 15) is 0 Å². The summed E-state index contributed by atoms with van der Waals surface area (Å²) in [6, 6.07) is 3.32. The van der Waals surface area contributed by atoms with Gasteiger partial charge in [-0.25, -0.2) is 0 Å². The van der Waals surface area contributed by atoms with Crippen LogP contribution in [0.4, 0.5) is 0 Å². The molecular weight excluding hydrogens is 192 g/mol. The van der Waals surface area contributed by atoms with Crippen molar-refractivity contribution in [3.8, 4) is 0 Å². The van der Waals surface area contributed by atoms with Gasteiger partial charge in [-0.2, -0.15) is 11.3 Å². The monoisotopic (exact) mass is 210 g/mol. The predicted molar refractivity (Wildman–Crippen MR) is 61.4 cm³/mol. The number of nitrogens with two attached hydrogens (primary N) is 1. The lowest BCUT2D eigenvalue weighted by Crippen LogP contribution is -2.42. The van der Waals surface area contributed by atoms with Crippen LogP contribution in [0.15, 0.2) is 16.8 Å². The normalized spacial score (nSPS) is 33.1. The molecule has 1 aromatic heterocycles. The molecule has 0 bridgehead atoms. The van der Waals surface area contributed by atoms with E-state index in [0.29, 0.717) is 18.0 Å². The van der Waals surface area contributed by atoms with Crippen LogP contribution in [0.25, 0.3) is 0 Å². The maximum absolute atomic E-state index is 5.81. The van der Waals surface area contributed by atoms with Crippen molar-refractivity contribution >= 4 is 11.3 Å². The second-order valence-corrected chi connectivity index (χ2v) is 4.96. The van der Waals surface area contributed by atoms with Crippen molar-refractivity contribution in [2.75, 3.05) is 6.54 Å². The smallest absolute Gasteiger partial charge is 0.0371 e. The average Bonchev–Trinajstić information content (AvgIpc) is 2.70. The number of piperidine rings is 1. The lowest BCUT2D eigenvalue weighted by Gasteiger charge is -2.35. The number of thiophene rings is 1. The van der Waals surface area contributed by atoms with E-state index in [1.165, 1.54) is 18.4 Å². The van der Waals surface area contributed by atoms with Gasteiger partial charge in [0.15, 0.2) is 0 Å². The summed E-state index contributed by atoms with van der Waals surface area (Å²) in [4.78, 5) is 0. The highest BCUT2D eigenvalue weighted by Gasteiger charge is 2.28. The Kier molecular flexibility index (Phi) is 3.21. The summed E-state index contributed by atoms with van der Waals surface area (Å²) in [7, 11) is 0. The van der Waals surface area contributed by atoms with Crippen molar-refractivity contribution in [2.45, 2.75) is 31.8 Å². The van der Waals surface area contributed by atoms with Crippen LogP contribution in [0.1, 0.15) is 31.4 Å². The van der Waals surface area contributed by atoms with E-state index in [4.69, 9.17) is 5.73 Å². The summed E-state index contributed by atoms with van der Waals surface area (Å²) in [6.45, 7) is 3.05. The van der Waals surface area contributed by atoms with Crippen LogP contribution in [-0.4, -0.2) is 12.6 Å². The SMILES string of the molecule is CC1CCC(CN)C(c2ccsc2)N1. The van der Waals surface area contributed by atoms with Gasteiger partial charge in [-0.05, 0) is 54.6 Å². The van der Waals surface area contributed by atoms with E-state index in [-0.39, 0.29) is 0 Å². The number of nitrogens with one attached hydrogen (secondary N) is 1. The molecule has 1 saturated heterocycles. The fourth-order valence-electron chi connectivity index (χ4n) is 2.23. The molecule has 3 unspecified atom stereocenters. The van der Waals surface area contributed by atoms with Gasteiger partial charge in [-0.1, -0.05) is 0 Å². The zero-order chi connectivity index (χ0) is 9.97. The molecule has 2 nitrogen and oxygen atoms in total. The lowest BCUT2D eigenvalue weighted by molar-refractivity contribution is 0.247. The highest BCUT2D eigenvalue weighted by molar-refractivity contribution is 7.07. The quantitative estimate of drug-likeness (QED) is 0.785. The summed E-state index contributed by atoms with van der Waals surface area (Å²) < 4.78 is 0. The third-order valence-electron chi connectivity index (χ3n) is 3.11. The van der Waals surface area contributed by atoms with E-state index in [2.05, 4.69) is 29.1 Å². The van der Waals surface area contributed by atoms with Crippen molar-refractivity contribution in [2.24, 2.45) is 11.7 Å². The molecule has 0 saturated carbocycles. The molecule has 3 heteroatoms. The van der Waals surface area contributed by atoms with Crippen LogP contribution >= 0.6 is 11.3 Å². The van der Waals surface area contributed by atoms with Crippen molar-refractivity contribution in [3.63, 3.8) is 0 Å². The fourth-order valence-corrected chi connectivity index (χ4v) is 2.93. The van der Waals surface area contributed by atoms with Crippen molar-refractivity contribution < 1.29 is 0 Å². The number of rotatable bonds is 2. The van der Waals surface area contributed by atoms with E-state index < -0.39 is 0 Å². The van der Waals surface area contributed by atoms with Crippen LogP contribution in [0, 0.1) is 5.92 Å². The van der Waals surface area contributed by atoms with Gasteiger partial charge in [0.05, 0.1) is 0 Å². The average molecular weight is 210 g/mol. The van der Waals surface area contributed by atoms with E-state index in [0.717, 1.165) is 6.54 Å². The molecule has 1 aliphatic heterocycles. The summed E-state index contributed by atoms with van der Waals surface area (Å²) in [5.41, 5.74) is 7.22. The third-order valence-corrected chi connectivity index (χ3v) is 3.81. The van der Waals surface area contributed by atoms with Crippen LogP contribution in [0.5, 0.6) is 0 Å². The zero-order valence-electron chi connectivity index (χ0n) is 8.57. The number of hydrogen-bond donors (Lipinski definition) is 2. The highest BCUT2D eigenvalue weighted by Crippen LogP contribution is 2.31. The minimum atomic E-state index is 0.481. The molecule has 78 valence electrons. The second kappa shape index (κ2) is 4.43. The summed E-state index contributed by atoms with van der Waals surface area (Å²) in [6.07, 6.45) is 2.51. The second-order valence-electron chi connectivity index (χ2n) is 4.18. The van der Waals surface area contributed by atoms with Crippen LogP contribution in [0.3, 0.4) is 0 Å². The molecule has 14 heavy (non-hydrogen) atoms. The molecule has 1 aliphatic rings. The van der Waals surface area contributed by atoms with Gasteiger partial charge in [-0.3, -0.25) is 0 Å². The summed E-state index contributed by atoms with van der Waals surface area (Å²) in [5, 5.41) is 8.02. The van der Waals surface area contributed by atoms with Crippen LogP contribution in [0.2, 0.25) is 0 Å². The first-order valence-corrected chi connectivity index (χ1v) is 6.23.